The molecule has 0 radical (unpaired) electrons. The molecule has 1 heterocycles. The molecule has 1 saturated heterocycles. The molecule has 0 aromatic carbocycles. The van der Waals surface area contributed by atoms with E-state index in [-0.39, 0.29) is 42.2 Å². The van der Waals surface area contributed by atoms with Crippen molar-refractivity contribution in [3.8, 4) is 0 Å². The quantitative estimate of drug-likeness (QED) is 0.411. The number of rotatable bonds is 3. The van der Waals surface area contributed by atoms with Crippen molar-refractivity contribution in [1.82, 2.24) is 10.2 Å². The zero-order valence-electron chi connectivity index (χ0n) is 8.89. The summed E-state index contributed by atoms with van der Waals surface area (Å²) >= 11 is 8.33. The number of nitrogens with one attached hydrogen (secondary N) is 1. The molecule has 0 spiro atoms. The first kappa shape index (κ1) is 23.4. The number of thiocarbonyl (C=S) groups is 2. The maximum absolute atomic E-state index is 8.66. The van der Waals surface area contributed by atoms with Gasteiger partial charge in [0.2, 0.25) is 0 Å². The van der Waals surface area contributed by atoms with Gasteiger partial charge in [-0.2, -0.15) is 0 Å². The van der Waals surface area contributed by atoms with Crippen LogP contribution in [0.25, 0.3) is 0 Å². The minimum absolute atomic E-state index is 0. The molecule has 0 bridgehead atoms. The van der Waals surface area contributed by atoms with E-state index in [1.165, 1.54) is 0 Å². The van der Waals surface area contributed by atoms with Crippen LogP contribution in [0, 0.1) is 0 Å². The van der Waals surface area contributed by atoms with Crippen LogP contribution in [0.15, 0.2) is 0 Å². The molecule has 1 aliphatic rings. The van der Waals surface area contributed by atoms with Crippen molar-refractivity contribution in [2.24, 2.45) is 5.73 Å². The number of morpholine rings is 1. The first-order valence-corrected chi connectivity index (χ1v) is 5.59. The van der Waals surface area contributed by atoms with Crippen molar-refractivity contribution in [3.63, 3.8) is 0 Å². The first-order valence-electron chi connectivity index (χ1n) is 4.77. The van der Waals surface area contributed by atoms with Gasteiger partial charge in [0, 0.05) is 26.2 Å². The number of nitrogens with two attached hydrogens (primary N) is 1. The van der Waals surface area contributed by atoms with Crippen LogP contribution in [0.1, 0.15) is 7.43 Å². The van der Waals surface area contributed by atoms with Gasteiger partial charge in [-0.3, -0.25) is 4.90 Å². The van der Waals surface area contributed by atoms with Crippen molar-refractivity contribution >= 4 is 64.3 Å². The van der Waals surface area contributed by atoms with E-state index in [9.17, 15) is 0 Å². The third-order valence-corrected chi connectivity index (χ3v) is 1.95. The molecule has 6 nitrogen and oxygen atoms in total. The Balaban J connectivity index is -0.000000332. The second-order valence-corrected chi connectivity index (χ2v) is 3.83. The monoisotopic (exact) mass is 307 g/mol. The van der Waals surface area contributed by atoms with Gasteiger partial charge in [0.1, 0.15) is 0 Å². The molecule has 0 amide bonds. The molecule has 9 heteroatoms. The van der Waals surface area contributed by atoms with Gasteiger partial charge in [0.15, 0.2) is 0 Å². The van der Waals surface area contributed by atoms with Gasteiger partial charge in [-0.15, -0.1) is 0 Å². The number of hydrogen-bond acceptors (Lipinski definition) is 4. The van der Waals surface area contributed by atoms with Gasteiger partial charge in [-0.25, -0.2) is 0 Å². The average molecular weight is 307 g/mol. The molecule has 18 heavy (non-hydrogen) atoms. The Morgan fingerprint density at radius 1 is 1.28 bits per heavy atom. The molecule has 0 atom stereocenters. The predicted molar refractivity (Wildman–Crippen MR) is 83.8 cm³/mol. The third kappa shape index (κ3) is 18.7. The van der Waals surface area contributed by atoms with Crippen molar-refractivity contribution in [2.45, 2.75) is 7.43 Å². The molecule has 5 N–H and O–H groups in total. The van der Waals surface area contributed by atoms with Crippen LogP contribution in [-0.2, 0) is 4.74 Å². The number of aliphatic hydroxyl groups excluding tert-OH is 2. The van der Waals surface area contributed by atoms with E-state index in [4.69, 9.17) is 14.9 Å². The number of aliphatic hydroxyl groups is 2. The Bertz CT molecular complexity index is 225. The molecule has 0 unspecified atom stereocenters. The van der Waals surface area contributed by atoms with Crippen molar-refractivity contribution in [1.29, 1.82) is 0 Å². The van der Waals surface area contributed by atoms with Gasteiger partial charge in [-0.1, -0.05) is 7.43 Å². The van der Waals surface area contributed by atoms with Crippen LogP contribution in [-0.4, -0.2) is 94.4 Å². The van der Waals surface area contributed by atoms with Crippen molar-refractivity contribution in [3.05, 3.63) is 0 Å². The summed E-state index contributed by atoms with van der Waals surface area (Å²) in [6.45, 7) is 5.17. The first-order chi connectivity index (χ1) is 7.52. The summed E-state index contributed by atoms with van der Waals surface area (Å²) in [6.07, 6.45) is 0. The van der Waals surface area contributed by atoms with Crippen LogP contribution in [0.2, 0.25) is 0 Å². The Kier molecular flexibility index (Phi) is 20.0. The van der Waals surface area contributed by atoms with Crippen LogP contribution >= 0.6 is 24.4 Å². The van der Waals surface area contributed by atoms with Gasteiger partial charge < -0.3 is 26.0 Å². The van der Waals surface area contributed by atoms with Crippen LogP contribution in [0.5, 0.6) is 0 Å². The molecular weight excluding hydrogens is 285 g/mol. The summed E-state index contributed by atoms with van der Waals surface area (Å²) in [5.41, 5.74) is 4.40. The van der Waals surface area contributed by atoms with E-state index < -0.39 is 5.17 Å². The van der Waals surface area contributed by atoms with E-state index >= 15 is 0 Å². The molecule has 1 fully saturated rings. The number of ether oxygens (including phenoxy) is 1. The summed E-state index contributed by atoms with van der Waals surface area (Å²) in [7, 11) is 0. The summed E-state index contributed by atoms with van der Waals surface area (Å²) in [5.74, 6) is 0. The normalized spacial score (nSPS) is 14.0. The van der Waals surface area contributed by atoms with E-state index in [1.54, 1.807) is 0 Å². The van der Waals surface area contributed by atoms with E-state index in [0.717, 1.165) is 32.8 Å². The van der Waals surface area contributed by atoms with Crippen LogP contribution in [0.3, 0.4) is 0 Å². The van der Waals surface area contributed by atoms with Crippen molar-refractivity contribution < 1.29 is 14.9 Å². The Labute approximate surface area is 141 Å². The van der Waals surface area contributed by atoms with E-state index in [2.05, 4.69) is 40.4 Å². The van der Waals surface area contributed by atoms with Crippen LogP contribution < -0.4 is 11.1 Å². The fourth-order valence-corrected chi connectivity index (χ4v) is 1.25. The molecule has 0 saturated carbocycles. The summed E-state index contributed by atoms with van der Waals surface area (Å²) in [6, 6.07) is 0. The summed E-state index contributed by atoms with van der Waals surface area (Å²) < 4.78 is 5.19. The van der Waals surface area contributed by atoms with Gasteiger partial charge in [-0.05, 0) is 24.4 Å². The van der Waals surface area contributed by atoms with Crippen molar-refractivity contribution in [2.75, 3.05) is 39.4 Å². The summed E-state index contributed by atoms with van der Waals surface area (Å²) in [5, 5.41) is 18.3. The molecular formula is C9H22N3NaO3S2. The van der Waals surface area contributed by atoms with Gasteiger partial charge in [0.05, 0.1) is 13.2 Å². The zero-order chi connectivity index (χ0) is 12.4. The molecule has 1 rings (SSSR count). The van der Waals surface area contributed by atoms with Gasteiger partial charge in [0.25, 0.3) is 10.3 Å². The summed E-state index contributed by atoms with van der Waals surface area (Å²) in [4.78, 5) is 2.27. The van der Waals surface area contributed by atoms with E-state index in [0.29, 0.717) is 6.54 Å². The average Bonchev–Trinajstić information content (AvgIpc) is 2.18. The second-order valence-electron chi connectivity index (χ2n) is 3.02. The Hall–Kier alpha value is 0.300. The molecule has 0 aromatic heterocycles. The standard InChI is InChI=1S/C7H14N2O2S.CH3NOS.CH4.Na.H/c10-7(12)8-1-2-9-3-5-11-6-4-9;2-1(3)4;;;/h1-6H2,(H2,8,10,12);(H3,2,3,4);1H4;;. The minimum atomic E-state index is -0.500. The molecule has 0 aliphatic carbocycles. The Morgan fingerprint density at radius 3 is 2.11 bits per heavy atom. The molecule has 0 aromatic rings. The predicted octanol–water partition coefficient (Wildman–Crippen LogP) is -0.473. The van der Waals surface area contributed by atoms with Crippen LogP contribution in [0.4, 0.5) is 0 Å². The second kappa shape index (κ2) is 15.4. The molecule has 1 aliphatic heterocycles. The fourth-order valence-electron chi connectivity index (χ4n) is 1.15. The zero-order valence-corrected chi connectivity index (χ0v) is 10.5. The SMILES string of the molecule is C.NC(O)=S.OC(=S)NCCN1CCOCC1.[NaH]. The van der Waals surface area contributed by atoms with E-state index in [1.807, 2.05) is 0 Å². The Morgan fingerprint density at radius 2 is 1.72 bits per heavy atom. The number of hydrogen-bond donors (Lipinski definition) is 4. The number of nitrogens with zero attached hydrogens (tertiary/aromatic N) is 1. The van der Waals surface area contributed by atoms with Gasteiger partial charge >= 0.3 is 29.6 Å². The third-order valence-electron chi connectivity index (χ3n) is 1.81. The maximum atomic E-state index is 8.66. The topological polar surface area (TPSA) is 91.0 Å². The fraction of sp³-hybridized carbons (Fsp3) is 0.778. The molecule has 104 valence electrons.